The van der Waals surface area contributed by atoms with Gasteiger partial charge in [0.15, 0.2) is 0 Å². The first-order chi connectivity index (χ1) is 50.7. The van der Waals surface area contributed by atoms with Crippen molar-refractivity contribution >= 4 is 127 Å². The SMILES string of the molecule is NC(=O)[C@@H]1CCc2sc3ncnc(OC4CCC(N5CCOCC5)CC4)c3c2C1.O=C(O)[C@@H]1CCc2sc3ncnc(Cl)c3c2C1.O=C(O)[C@@H]1CCc2sc3ncnc(OC4CCC(N5CCOCC5)CC4)c3c2C1.OC1CCC(N2CCOCC2)CC1.OC[C@@H]1CCc2sc3ncnc(Cl)c3c2C1. The second kappa shape index (κ2) is 35.2. The molecule has 0 bridgehead atoms. The third-order valence-electron chi connectivity index (χ3n) is 22.9. The Bertz CT molecular complexity index is 4110. The van der Waals surface area contributed by atoms with Gasteiger partial charge in [-0.2, -0.15) is 0 Å². The summed E-state index contributed by atoms with van der Waals surface area (Å²) < 4.78 is 29.1. The Balaban J connectivity index is 0.000000114. The number of aryl methyl sites for hydroxylation is 4. The zero-order valence-electron chi connectivity index (χ0n) is 58.7. The van der Waals surface area contributed by atoms with E-state index in [0.29, 0.717) is 78.2 Å². The molecule has 7 aliphatic carbocycles. The second-order valence-electron chi connectivity index (χ2n) is 29.1. The lowest BCUT2D eigenvalue weighted by Gasteiger charge is -2.38. The van der Waals surface area contributed by atoms with E-state index in [-0.39, 0.29) is 48.6 Å². The quantitative estimate of drug-likeness (QED) is 0.0751. The number of carbonyl (C=O) groups is 3. The minimum absolute atomic E-state index is 0.0303. The van der Waals surface area contributed by atoms with Crippen molar-refractivity contribution in [3.05, 3.63) is 77.4 Å². The summed E-state index contributed by atoms with van der Waals surface area (Å²) in [5.74, 6) is -0.692. The Morgan fingerprint density at radius 2 is 0.769 bits per heavy atom. The number of aromatic nitrogens is 8. The summed E-state index contributed by atoms with van der Waals surface area (Å²) in [5, 5.41) is 41.9. The van der Waals surface area contributed by atoms with E-state index in [1.54, 1.807) is 58.0 Å². The molecule has 560 valence electrons. The summed E-state index contributed by atoms with van der Waals surface area (Å²) in [5.41, 5.74) is 10.2. The standard InChI is InChI=1S/C21H28N4O3S.C21H27N3O4S.C11H9ClN2O2S.C11H11ClN2OS.C10H19NO2/c22-19(26)13-1-6-17-16(11-13)18-20(23-12-24-21(18)29-17)28-15-4-2-14(3-5-15)25-7-9-27-10-8-25;25-21(26)13-1-6-17-16(11-13)18-19(22-12-23-20(18)29-17)28-15-4-2-14(3-5-15)24-7-9-27-10-8-24;12-9-8-6-3-5(11(15)16)1-2-7(6)17-10(8)14-4-13-9;12-10-9-7-3-6(4-15)1-2-8(7)16-11(9)14-5-13-10;12-10-3-1-9(2-4-10)11-5-7-13-8-6-11/h12-15H,1-11H2,(H2,22,26);12-15H,1-11H2,(H,25,26);4-5H,1-3H2,(H,15,16);5-6,15H,1-4H2;9-10,12H,1-8H2/t2*13-,14?,15?;5-;6-;/m1111./s1. The number of amides is 1. The number of hydrogen-bond acceptors (Lipinski definition) is 25. The number of primary amides is 1. The highest BCUT2D eigenvalue weighted by molar-refractivity contribution is 7.20. The van der Waals surface area contributed by atoms with Crippen LogP contribution < -0.4 is 15.2 Å². The Morgan fingerprint density at radius 3 is 1.14 bits per heavy atom. The fourth-order valence-corrected chi connectivity index (χ4v) is 22.3. The number of nitrogens with two attached hydrogens (primary N) is 1. The number of halogens is 2. The monoisotopic (exact) mass is 1540 g/mol. The van der Waals surface area contributed by atoms with Gasteiger partial charge in [0, 0.05) is 89.4 Å². The molecule has 0 radical (unpaired) electrons. The average molecular weight is 1540 g/mol. The molecular weight excluding hydrogens is 1450 g/mol. The van der Waals surface area contributed by atoms with Crippen molar-refractivity contribution in [2.75, 3.05) is 85.5 Å². The number of aliphatic hydroxyl groups is 2. The number of carbonyl (C=O) groups excluding carboxylic acids is 1. The van der Waals surface area contributed by atoms with Gasteiger partial charge in [0.1, 0.15) is 67.1 Å². The number of carboxylic acids is 2. The topological polar surface area (TPSA) is 317 Å². The Morgan fingerprint density at radius 1 is 0.442 bits per heavy atom. The number of aliphatic hydroxyl groups excluding tert-OH is 2. The maximum absolute atomic E-state index is 11.7. The molecule has 24 nitrogen and oxygen atoms in total. The zero-order chi connectivity index (χ0) is 71.8. The van der Waals surface area contributed by atoms with Crippen molar-refractivity contribution in [1.29, 1.82) is 0 Å². The van der Waals surface area contributed by atoms with Crippen LogP contribution in [0.2, 0.25) is 10.3 Å². The van der Waals surface area contributed by atoms with Crippen LogP contribution in [0.1, 0.15) is 144 Å². The number of morpholine rings is 3. The summed E-state index contributed by atoms with van der Waals surface area (Å²) in [6.07, 6.45) is 29.0. The number of hydrogen-bond donors (Lipinski definition) is 5. The largest absolute Gasteiger partial charge is 0.481 e. The fraction of sp³-hybridized carbons (Fsp3) is 0.635. The molecule has 11 heterocycles. The van der Waals surface area contributed by atoms with Gasteiger partial charge in [-0.05, 0) is 182 Å². The van der Waals surface area contributed by atoms with E-state index >= 15 is 0 Å². The van der Waals surface area contributed by atoms with Gasteiger partial charge in [-0.15, -0.1) is 45.3 Å². The number of carboxylic acid groups (broad SMARTS) is 2. The number of thiophene rings is 4. The molecule has 0 unspecified atom stereocenters. The van der Waals surface area contributed by atoms with Crippen molar-refractivity contribution in [2.24, 2.45) is 29.4 Å². The molecule has 3 aliphatic heterocycles. The Labute approximate surface area is 630 Å². The van der Waals surface area contributed by atoms with Crippen molar-refractivity contribution < 1.29 is 58.5 Å². The van der Waals surface area contributed by atoms with Gasteiger partial charge in [0.05, 0.1) is 79.1 Å². The van der Waals surface area contributed by atoms with Crippen LogP contribution >= 0.6 is 68.5 Å². The molecule has 0 spiro atoms. The number of nitrogens with zero attached hydrogens (tertiary/aromatic N) is 11. The summed E-state index contributed by atoms with van der Waals surface area (Å²) in [6.45, 7) is 11.8. The number of ether oxygens (including phenoxy) is 5. The van der Waals surface area contributed by atoms with Crippen molar-refractivity contribution in [3.63, 3.8) is 0 Å². The summed E-state index contributed by atoms with van der Waals surface area (Å²) >= 11 is 18.9. The molecule has 18 rings (SSSR count). The third-order valence-corrected chi connectivity index (χ3v) is 28.2. The first-order valence-electron chi connectivity index (χ1n) is 37.3. The van der Waals surface area contributed by atoms with Gasteiger partial charge >= 0.3 is 11.9 Å². The van der Waals surface area contributed by atoms with Crippen molar-refractivity contribution in [3.8, 4) is 11.8 Å². The second-order valence-corrected chi connectivity index (χ2v) is 34.2. The van der Waals surface area contributed by atoms with Gasteiger partial charge in [0.2, 0.25) is 17.7 Å². The molecule has 8 aromatic heterocycles. The molecule has 3 saturated carbocycles. The molecule has 30 heteroatoms. The molecule has 4 atom stereocenters. The van der Waals surface area contributed by atoms with Crippen LogP contribution in [0.4, 0.5) is 0 Å². The normalized spacial score (nSPS) is 26.7. The predicted octanol–water partition coefficient (Wildman–Crippen LogP) is 10.8. The third kappa shape index (κ3) is 17.7. The molecule has 8 aromatic rings. The van der Waals surface area contributed by atoms with E-state index in [0.717, 1.165) is 240 Å². The van der Waals surface area contributed by atoms with Gasteiger partial charge in [-0.25, -0.2) is 39.9 Å². The van der Waals surface area contributed by atoms with E-state index in [4.69, 9.17) is 57.7 Å². The molecule has 0 aromatic carbocycles. The fourth-order valence-electron chi connectivity index (χ4n) is 17.0. The van der Waals surface area contributed by atoms with Gasteiger partial charge < -0.3 is 49.8 Å². The molecular formula is C74H94Cl2N12O12S4. The van der Waals surface area contributed by atoms with Crippen LogP contribution in [-0.2, 0) is 80.0 Å². The van der Waals surface area contributed by atoms with E-state index < -0.39 is 11.9 Å². The average Bonchev–Trinajstić information content (AvgIpc) is 1.80. The lowest BCUT2D eigenvalue weighted by molar-refractivity contribution is -0.143. The lowest BCUT2D eigenvalue weighted by Crippen LogP contribution is -2.46. The van der Waals surface area contributed by atoms with Crippen LogP contribution in [0.5, 0.6) is 11.8 Å². The minimum Gasteiger partial charge on any atom is -0.481 e. The molecule has 6 fully saturated rings. The molecule has 104 heavy (non-hydrogen) atoms. The van der Waals surface area contributed by atoms with Gasteiger partial charge in [-0.1, -0.05) is 23.2 Å². The number of aliphatic carboxylic acids is 2. The smallest absolute Gasteiger partial charge is 0.306 e. The van der Waals surface area contributed by atoms with Crippen molar-refractivity contribution in [2.45, 2.75) is 191 Å². The number of rotatable bonds is 11. The van der Waals surface area contributed by atoms with Gasteiger partial charge in [0.25, 0.3) is 0 Å². The summed E-state index contributed by atoms with van der Waals surface area (Å²) in [7, 11) is 0. The highest BCUT2D eigenvalue weighted by atomic mass is 35.5. The highest BCUT2D eigenvalue weighted by Crippen LogP contribution is 2.45. The first-order valence-corrected chi connectivity index (χ1v) is 41.4. The maximum Gasteiger partial charge on any atom is 0.306 e. The summed E-state index contributed by atoms with van der Waals surface area (Å²) in [6, 6.07) is 2.00. The van der Waals surface area contributed by atoms with Crippen molar-refractivity contribution in [1.82, 2.24) is 54.6 Å². The van der Waals surface area contributed by atoms with Crippen LogP contribution in [0, 0.1) is 23.7 Å². The van der Waals surface area contributed by atoms with Crippen LogP contribution in [0.15, 0.2) is 25.3 Å². The lowest BCUT2D eigenvalue weighted by atomic mass is 9.87. The summed E-state index contributed by atoms with van der Waals surface area (Å²) in [4.78, 5) is 85.1. The molecule has 3 saturated heterocycles. The molecule has 10 aliphatic rings. The van der Waals surface area contributed by atoms with Crippen LogP contribution in [-0.4, -0.2) is 215 Å². The van der Waals surface area contributed by atoms with Gasteiger partial charge in [-0.3, -0.25) is 29.1 Å². The van der Waals surface area contributed by atoms with Crippen LogP contribution in [0.25, 0.3) is 40.9 Å². The van der Waals surface area contributed by atoms with E-state index in [1.165, 1.54) is 56.1 Å². The highest BCUT2D eigenvalue weighted by Gasteiger charge is 2.36. The predicted molar refractivity (Wildman–Crippen MR) is 402 cm³/mol. The zero-order valence-corrected chi connectivity index (χ0v) is 63.5. The van der Waals surface area contributed by atoms with E-state index in [9.17, 15) is 29.7 Å². The Kier molecular flexibility index (Phi) is 25.5. The maximum atomic E-state index is 11.7. The first kappa shape index (κ1) is 75.3. The Hall–Kier alpha value is -5.57. The minimum atomic E-state index is -0.733. The van der Waals surface area contributed by atoms with E-state index in [2.05, 4.69) is 54.6 Å². The number of fused-ring (bicyclic) bond motifs is 12. The van der Waals surface area contributed by atoms with Crippen LogP contribution in [0.3, 0.4) is 0 Å². The van der Waals surface area contributed by atoms with E-state index in [1.807, 2.05) is 0 Å². The molecule has 6 N–H and O–H groups in total. The molecule has 1 amide bonds.